The van der Waals surface area contributed by atoms with E-state index in [-0.39, 0.29) is 0 Å². The van der Waals surface area contributed by atoms with E-state index in [4.69, 9.17) is 19.5 Å². The van der Waals surface area contributed by atoms with Gasteiger partial charge in [-0.05, 0) is 49.9 Å². The lowest BCUT2D eigenvalue weighted by molar-refractivity contribution is 0.173. The third-order valence-corrected chi connectivity index (χ3v) is 4.05. The molecule has 24 heavy (non-hydrogen) atoms. The Bertz CT molecular complexity index is 712. The normalized spacial score (nSPS) is 17.7. The van der Waals surface area contributed by atoms with Crippen molar-refractivity contribution in [2.75, 3.05) is 13.2 Å². The molecule has 0 bridgehead atoms. The summed E-state index contributed by atoms with van der Waals surface area (Å²) in [4.78, 5) is 9.39. The van der Waals surface area contributed by atoms with E-state index in [2.05, 4.69) is 0 Å². The highest BCUT2D eigenvalue weighted by molar-refractivity contribution is 6.36. The molecule has 2 aromatic rings. The predicted octanol–water partition coefficient (Wildman–Crippen LogP) is 4.73. The predicted molar refractivity (Wildman–Crippen MR) is 97.9 cm³/mol. The Morgan fingerprint density at radius 1 is 0.625 bits per heavy atom. The molecule has 4 heteroatoms. The second-order valence-corrected chi connectivity index (χ2v) is 6.01. The first kappa shape index (κ1) is 16.2. The number of benzene rings is 2. The first-order valence-corrected chi connectivity index (χ1v) is 8.12. The number of para-hydroxylation sites is 2. The summed E-state index contributed by atoms with van der Waals surface area (Å²) in [7, 11) is 0. The topological polar surface area (TPSA) is 43.2 Å². The van der Waals surface area contributed by atoms with Gasteiger partial charge in [0.1, 0.15) is 13.2 Å². The van der Waals surface area contributed by atoms with Crippen LogP contribution in [0.2, 0.25) is 0 Å². The minimum atomic E-state index is 0.446. The van der Waals surface area contributed by atoms with Crippen LogP contribution in [0, 0.1) is 27.7 Å². The van der Waals surface area contributed by atoms with Crippen molar-refractivity contribution < 1.29 is 9.47 Å². The number of nitrogens with zero attached hydrogens (tertiary/aromatic N) is 2. The van der Waals surface area contributed by atoms with Crippen LogP contribution >= 0.6 is 0 Å². The maximum absolute atomic E-state index is 5.75. The van der Waals surface area contributed by atoms with E-state index in [0.717, 1.165) is 33.6 Å². The van der Waals surface area contributed by atoms with Crippen molar-refractivity contribution >= 4 is 23.2 Å². The van der Waals surface area contributed by atoms with E-state index in [1.807, 2.05) is 64.1 Å². The van der Waals surface area contributed by atoms with Gasteiger partial charge in [0.2, 0.25) is 0 Å². The van der Waals surface area contributed by atoms with Crippen molar-refractivity contribution in [1.82, 2.24) is 0 Å². The van der Waals surface area contributed by atoms with Crippen molar-refractivity contribution in [3.05, 3.63) is 58.7 Å². The SMILES string of the molecule is Cc1cccc(C)c1/N=C1\OCCO\C1=N\c1c(C)cccc1C. The molecule has 0 unspecified atom stereocenters. The molecular formula is C20H22N2O2. The van der Waals surface area contributed by atoms with Crippen LogP contribution in [0.4, 0.5) is 11.4 Å². The number of ether oxygens (including phenoxy) is 2. The van der Waals surface area contributed by atoms with Crippen LogP contribution < -0.4 is 0 Å². The average Bonchev–Trinajstić information content (AvgIpc) is 2.56. The molecule has 1 fully saturated rings. The van der Waals surface area contributed by atoms with Crippen LogP contribution in [0.5, 0.6) is 0 Å². The van der Waals surface area contributed by atoms with E-state index >= 15 is 0 Å². The molecule has 1 heterocycles. The van der Waals surface area contributed by atoms with Gasteiger partial charge < -0.3 is 9.47 Å². The van der Waals surface area contributed by atoms with Crippen molar-refractivity contribution in [3.63, 3.8) is 0 Å². The molecule has 124 valence electrons. The van der Waals surface area contributed by atoms with Gasteiger partial charge in [-0.3, -0.25) is 0 Å². The Hall–Kier alpha value is -2.62. The van der Waals surface area contributed by atoms with Gasteiger partial charge in [-0.1, -0.05) is 36.4 Å². The molecule has 1 saturated heterocycles. The van der Waals surface area contributed by atoms with Crippen LogP contribution in [0.3, 0.4) is 0 Å². The second kappa shape index (κ2) is 6.87. The second-order valence-electron chi connectivity index (χ2n) is 6.01. The highest BCUT2D eigenvalue weighted by atomic mass is 16.6. The van der Waals surface area contributed by atoms with Crippen LogP contribution in [-0.4, -0.2) is 25.0 Å². The summed E-state index contributed by atoms with van der Waals surface area (Å²) in [5, 5.41) is 0. The van der Waals surface area contributed by atoms with Gasteiger partial charge in [0.15, 0.2) is 0 Å². The summed E-state index contributed by atoms with van der Waals surface area (Å²) in [6.45, 7) is 9.12. The molecule has 2 aromatic carbocycles. The lowest BCUT2D eigenvalue weighted by Gasteiger charge is -2.19. The number of rotatable bonds is 2. The molecule has 0 atom stereocenters. The summed E-state index contributed by atoms with van der Waals surface area (Å²) in [6, 6.07) is 12.2. The molecule has 3 rings (SSSR count). The van der Waals surface area contributed by atoms with Gasteiger partial charge in [-0.15, -0.1) is 0 Å². The molecule has 0 aliphatic carbocycles. The van der Waals surface area contributed by atoms with Gasteiger partial charge in [-0.2, -0.15) is 0 Å². The Morgan fingerprint density at radius 3 is 1.29 bits per heavy atom. The average molecular weight is 322 g/mol. The van der Waals surface area contributed by atoms with Crippen LogP contribution in [-0.2, 0) is 9.47 Å². The van der Waals surface area contributed by atoms with Crippen molar-refractivity contribution in [2.24, 2.45) is 9.98 Å². The molecule has 1 aliphatic heterocycles. The first-order chi connectivity index (χ1) is 11.6. The Balaban J connectivity index is 2.06. The lowest BCUT2D eigenvalue weighted by Crippen LogP contribution is -2.29. The fourth-order valence-electron chi connectivity index (χ4n) is 2.73. The van der Waals surface area contributed by atoms with Crippen molar-refractivity contribution in [3.8, 4) is 0 Å². The Labute approximate surface area is 142 Å². The summed E-state index contributed by atoms with van der Waals surface area (Å²) in [5.74, 6) is 0.891. The molecule has 0 saturated carbocycles. The molecule has 0 spiro atoms. The van der Waals surface area contributed by atoms with Crippen LogP contribution in [0.25, 0.3) is 0 Å². The monoisotopic (exact) mass is 322 g/mol. The fraction of sp³-hybridized carbons (Fsp3) is 0.300. The van der Waals surface area contributed by atoms with Gasteiger partial charge in [0.25, 0.3) is 11.8 Å². The molecule has 4 nitrogen and oxygen atoms in total. The first-order valence-electron chi connectivity index (χ1n) is 8.12. The number of aliphatic imine (C=N–C) groups is 2. The van der Waals surface area contributed by atoms with Crippen LogP contribution in [0.15, 0.2) is 46.4 Å². The summed E-state index contributed by atoms with van der Waals surface area (Å²) in [5.41, 5.74) is 6.22. The minimum Gasteiger partial charge on any atom is -0.470 e. The van der Waals surface area contributed by atoms with Crippen molar-refractivity contribution in [2.45, 2.75) is 27.7 Å². The molecule has 0 radical (unpaired) electrons. The highest BCUT2D eigenvalue weighted by Crippen LogP contribution is 2.26. The van der Waals surface area contributed by atoms with E-state index in [1.165, 1.54) is 0 Å². The third kappa shape index (κ3) is 3.32. The number of hydrogen-bond donors (Lipinski definition) is 0. The van der Waals surface area contributed by atoms with E-state index in [0.29, 0.717) is 25.0 Å². The number of hydrogen-bond acceptors (Lipinski definition) is 4. The zero-order chi connectivity index (χ0) is 17.1. The zero-order valence-corrected chi connectivity index (χ0v) is 14.6. The van der Waals surface area contributed by atoms with Crippen LogP contribution in [0.1, 0.15) is 22.3 Å². The quantitative estimate of drug-likeness (QED) is 0.802. The third-order valence-electron chi connectivity index (χ3n) is 4.05. The summed E-state index contributed by atoms with van der Waals surface area (Å²) < 4.78 is 11.5. The summed E-state index contributed by atoms with van der Waals surface area (Å²) >= 11 is 0. The fourth-order valence-corrected chi connectivity index (χ4v) is 2.73. The minimum absolute atomic E-state index is 0.446. The largest absolute Gasteiger partial charge is 0.470 e. The molecule has 0 N–H and O–H groups in total. The zero-order valence-electron chi connectivity index (χ0n) is 14.6. The van der Waals surface area contributed by atoms with Gasteiger partial charge in [0.05, 0.1) is 11.4 Å². The van der Waals surface area contributed by atoms with Crippen molar-refractivity contribution in [1.29, 1.82) is 0 Å². The molecule has 0 amide bonds. The van der Waals surface area contributed by atoms with Gasteiger partial charge in [0, 0.05) is 0 Å². The molecule has 0 aromatic heterocycles. The molecule has 1 aliphatic rings. The van der Waals surface area contributed by atoms with Gasteiger partial charge in [-0.25, -0.2) is 9.98 Å². The maximum atomic E-state index is 5.75. The van der Waals surface area contributed by atoms with E-state index in [9.17, 15) is 0 Å². The molecular weight excluding hydrogens is 300 g/mol. The lowest BCUT2D eigenvalue weighted by atomic mass is 10.1. The maximum Gasteiger partial charge on any atom is 0.278 e. The standard InChI is InChI=1S/C20H22N2O2/c1-13-7-5-8-14(2)17(13)21-19-20(24-12-11-23-19)22-18-15(3)9-6-10-16(18)4/h5-10H,11-12H2,1-4H3/b21-19-,22-20+. The van der Waals surface area contributed by atoms with E-state index in [1.54, 1.807) is 0 Å². The number of aryl methyl sites for hydroxylation is 4. The summed E-state index contributed by atoms with van der Waals surface area (Å²) in [6.07, 6.45) is 0. The highest BCUT2D eigenvalue weighted by Gasteiger charge is 2.20. The Kier molecular flexibility index (Phi) is 4.65. The van der Waals surface area contributed by atoms with Gasteiger partial charge >= 0.3 is 0 Å². The Morgan fingerprint density at radius 2 is 0.958 bits per heavy atom. The van der Waals surface area contributed by atoms with E-state index < -0.39 is 0 Å². The smallest absolute Gasteiger partial charge is 0.278 e.